The van der Waals surface area contributed by atoms with E-state index in [4.69, 9.17) is 15.3 Å². The van der Waals surface area contributed by atoms with E-state index < -0.39 is 5.09 Å². The van der Waals surface area contributed by atoms with E-state index in [2.05, 4.69) is 0 Å². The average molecular weight is 161 g/mol. The van der Waals surface area contributed by atoms with E-state index in [0.29, 0.717) is 0 Å². The van der Waals surface area contributed by atoms with E-state index in [1.807, 2.05) is 0 Å². The second-order valence-electron chi connectivity index (χ2n) is 0.238. The Labute approximate surface area is 44.4 Å². The molecule has 0 bridgehead atoms. The fourth-order valence-electron chi connectivity index (χ4n) is 0. The summed E-state index contributed by atoms with van der Waals surface area (Å²) in [5, 5.41) is 13.6. The molecule has 6 heavy (non-hydrogen) atoms. The van der Waals surface area contributed by atoms with Gasteiger partial charge in [0.25, 0.3) is 5.09 Å². The summed E-state index contributed by atoms with van der Waals surface area (Å²) in [5.41, 5.74) is 0. The van der Waals surface area contributed by atoms with E-state index in [-0.39, 0.29) is 23.1 Å². The lowest BCUT2D eigenvalue weighted by molar-refractivity contribution is -0.742. The average Bonchev–Trinajstić information content (AvgIpc) is 0.811. The van der Waals surface area contributed by atoms with Crippen LogP contribution in [0.2, 0.25) is 0 Å². The van der Waals surface area contributed by atoms with Crippen LogP contribution in [0, 0.1) is 10.1 Å². The van der Waals surface area contributed by atoms with Gasteiger partial charge in [-0.1, -0.05) is 0 Å². The van der Waals surface area contributed by atoms with Gasteiger partial charge in [0.2, 0.25) is 0 Å². The van der Waals surface area contributed by atoms with Crippen molar-refractivity contribution in [1.82, 2.24) is 6.15 Å². The molecule has 0 aliphatic carbocycles. The summed E-state index contributed by atoms with van der Waals surface area (Å²) < 4.78 is 0. The number of nitrogens with zero attached hydrogens (tertiary/aromatic N) is 1. The van der Waals surface area contributed by atoms with Gasteiger partial charge in [0.05, 0.1) is 0 Å². The highest BCUT2D eigenvalue weighted by Crippen LogP contribution is 1.38. The zero-order valence-corrected chi connectivity index (χ0v) is 4.67. The van der Waals surface area contributed by atoms with Crippen LogP contribution in [0.4, 0.5) is 0 Å². The maximum absolute atomic E-state index is 8.36. The molecule has 0 saturated carbocycles. The first-order chi connectivity index (χ1) is 1.73. The third-order valence-electron chi connectivity index (χ3n) is 0. The Balaban J connectivity index is -0.0000000450. The monoisotopic (exact) mass is 160 g/mol. The van der Waals surface area contributed by atoms with Crippen LogP contribution in [0.1, 0.15) is 0 Å². The standard InChI is InChI=1S/BrH.HNO3.H3N/c;2-1(3)4;/h1H;(H,2,3,4);1H3. The van der Waals surface area contributed by atoms with E-state index >= 15 is 0 Å². The third kappa shape index (κ3) is 196. The Morgan fingerprint density at radius 2 is 1.67 bits per heavy atom. The lowest BCUT2D eigenvalue weighted by atomic mass is 13.1. The molecule has 5 nitrogen and oxygen atoms in total. The molecule has 0 aliphatic heterocycles. The van der Waals surface area contributed by atoms with E-state index in [1.165, 1.54) is 0 Å². The minimum Gasteiger partial charge on any atom is -1.00 e. The molecule has 0 spiro atoms. The van der Waals surface area contributed by atoms with Crippen LogP contribution >= 0.6 is 0 Å². The molecule has 5 N–H and O–H groups in total. The zero-order valence-electron chi connectivity index (χ0n) is 3.09. The molecule has 0 heterocycles. The third-order valence-corrected chi connectivity index (χ3v) is 0. The van der Waals surface area contributed by atoms with Gasteiger partial charge in [-0.15, -0.1) is 10.1 Å². The van der Waals surface area contributed by atoms with Crippen molar-refractivity contribution in [2.75, 3.05) is 0 Å². The van der Waals surface area contributed by atoms with Crippen molar-refractivity contribution < 1.29 is 27.3 Å². The summed E-state index contributed by atoms with van der Waals surface area (Å²) in [4.78, 5) is 8.36. The second kappa shape index (κ2) is 8.82. The largest absolute Gasteiger partial charge is 1.00 e. The van der Waals surface area contributed by atoms with Gasteiger partial charge in [0, 0.05) is 0 Å². The fourth-order valence-corrected chi connectivity index (χ4v) is 0. The summed E-state index contributed by atoms with van der Waals surface area (Å²) in [6, 6.07) is 0. The maximum atomic E-state index is 8.36. The summed E-state index contributed by atoms with van der Waals surface area (Å²) in [5.74, 6) is 0. The van der Waals surface area contributed by atoms with E-state index in [9.17, 15) is 0 Å². The molecule has 0 aromatic heterocycles. The number of hydrogen-bond acceptors (Lipinski definition) is 2. The topological polar surface area (TPSA) is 99.9 Å². The predicted molar refractivity (Wildman–Crippen MR) is 14.8 cm³/mol. The van der Waals surface area contributed by atoms with Crippen molar-refractivity contribution >= 4 is 0 Å². The maximum Gasteiger partial charge on any atom is 0.291 e. The number of hydrogen-bond donors (Lipinski definition) is 2. The van der Waals surface area contributed by atoms with Crippen LogP contribution in [0.5, 0.6) is 0 Å². The molecule has 0 saturated heterocycles. The zero-order chi connectivity index (χ0) is 3.58. The van der Waals surface area contributed by atoms with Crippen LogP contribution in [0.15, 0.2) is 0 Å². The molecule has 0 rings (SSSR count). The summed E-state index contributed by atoms with van der Waals surface area (Å²) in [7, 11) is 0. The van der Waals surface area contributed by atoms with Gasteiger partial charge in [0.15, 0.2) is 0 Å². The molecular formula is H5BrN2O3. The van der Waals surface area contributed by atoms with E-state index in [0.717, 1.165) is 0 Å². The number of rotatable bonds is 0. The highest BCUT2D eigenvalue weighted by Gasteiger charge is 1.65. The number of halogens is 1. The normalized spacial score (nSPS) is 4.00. The van der Waals surface area contributed by atoms with Gasteiger partial charge >= 0.3 is 0 Å². The highest BCUT2D eigenvalue weighted by atomic mass is 79.9. The van der Waals surface area contributed by atoms with Crippen molar-refractivity contribution in [2.24, 2.45) is 0 Å². The Morgan fingerprint density at radius 1 is 1.67 bits per heavy atom. The van der Waals surface area contributed by atoms with Gasteiger partial charge in [-0.05, 0) is 0 Å². The molecule has 6 heteroatoms. The Bertz CT molecular complexity index is 31.8. The van der Waals surface area contributed by atoms with Gasteiger partial charge in [-0.2, -0.15) is 0 Å². The predicted octanol–water partition coefficient (Wildman–Crippen LogP) is -2.97. The van der Waals surface area contributed by atoms with Crippen LogP contribution in [-0.4, -0.2) is 10.3 Å². The SMILES string of the molecule is O=[N+]([O-])O.[Br-].[NH4+]. The molecule has 0 aliphatic rings. The first-order valence-electron chi connectivity index (χ1n) is 0.565. The summed E-state index contributed by atoms with van der Waals surface area (Å²) in [6.07, 6.45) is 0. The van der Waals surface area contributed by atoms with Crippen molar-refractivity contribution in [3.8, 4) is 0 Å². The molecule has 40 valence electrons. The minimum atomic E-state index is -1.50. The quantitative estimate of drug-likeness (QED) is 0.293. The molecule has 0 aromatic rings. The summed E-state index contributed by atoms with van der Waals surface area (Å²) >= 11 is 0. The Hall–Kier alpha value is -0.360. The molecule has 0 aromatic carbocycles. The molecule has 0 fully saturated rings. The van der Waals surface area contributed by atoms with E-state index in [1.54, 1.807) is 0 Å². The first-order valence-corrected chi connectivity index (χ1v) is 0.565. The molecule has 0 radical (unpaired) electrons. The first kappa shape index (κ1) is 17.4. The molecule has 0 atom stereocenters. The minimum absolute atomic E-state index is 0. The fraction of sp³-hybridized carbons (Fsp3) is 0. The summed E-state index contributed by atoms with van der Waals surface area (Å²) in [6.45, 7) is 0. The lowest BCUT2D eigenvalue weighted by Crippen LogP contribution is -3.00. The lowest BCUT2D eigenvalue weighted by Gasteiger charge is -1.56. The van der Waals surface area contributed by atoms with Crippen LogP contribution in [0.25, 0.3) is 0 Å². The van der Waals surface area contributed by atoms with Crippen LogP contribution in [0.3, 0.4) is 0 Å². The molecular weight excluding hydrogens is 156 g/mol. The van der Waals surface area contributed by atoms with Gasteiger partial charge < -0.3 is 28.3 Å². The van der Waals surface area contributed by atoms with Gasteiger partial charge in [-0.25, -0.2) is 0 Å². The van der Waals surface area contributed by atoms with Gasteiger partial charge in [-0.3, -0.25) is 0 Å². The second-order valence-corrected chi connectivity index (χ2v) is 0.238. The number of quaternary nitrogens is 1. The van der Waals surface area contributed by atoms with Crippen molar-refractivity contribution in [3.05, 3.63) is 10.1 Å². The van der Waals surface area contributed by atoms with Crippen molar-refractivity contribution in [3.63, 3.8) is 0 Å². The molecule has 0 unspecified atom stereocenters. The smallest absolute Gasteiger partial charge is 0.291 e. The van der Waals surface area contributed by atoms with Gasteiger partial charge in [0.1, 0.15) is 0 Å². The highest BCUT2D eigenvalue weighted by molar-refractivity contribution is 3.83. The van der Waals surface area contributed by atoms with Crippen molar-refractivity contribution in [1.29, 1.82) is 0 Å². The Kier molecular flexibility index (Phi) is 25.6. The molecule has 0 amide bonds. The van der Waals surface area contributed by atoms with Crippen LogP contribution in [-0.2, 0) is 0 Å². The van der Waals surface area contributed by atoms with Crippen LogP contribution < -0.4 is 23.1 Å². The Morgan fingerprint density at radius 3 is 1.67 bits per heavy atom. The van der Waals surface area contributed by atoms with Crippen molar-refractivity contribution in [2.45, 2.75) is 0 Å².